The molecule has 0 aliphatic heterocycles. The summed E-state index contributed by atoms with van der Waals surface area (Å²) in [5.74, 6) is 0.715. The Morgan fingerprint density at radius 2 is 2.19 bits per heavy atom. The highest BCUT2D eigenvalue weighted by Gasteiger charge is 2.06. The number of para-hydroxylation sites is 1. The minimum Gasteiger partial charge on any atom is -0.496 e. The van der Waals surface area contributed by atoms with Gasteiger partial charge in [0.25, 0.3) is 0 Å². The topological polar surface area (TPSA) is 64.3 Å². The summed E-state index contributed by atoms with van der Waals surface area (Å²) < 4.78 is 5.21. The van der Waals surface area contributed by atoms with Crippen LogP contribution in [0.25, 0.3) is 0 Å². The molecule has 16 heavy (non-hydrogen) atoms. The monoisotopic (exact) mass is 222 g/mol. The van der Waals surface area contributed by atoms with Crippen LogP contribution in [0.2, 0.25) is 0 Å². The summed E-state index contributed by atoms with van der Waals surface area (Å²) in [4.78, 5) is 11.2. The van der Waals surface area contributed by atoms with Gasteiger partial charge in [-0.25, -0.2) is 0 Å². The molecule has 4 nitrogen and oxygen atoms in total. The van der Waals surface area contributed by atoms with Crippen molar-refractivity contribution in [3.05, 3.63) is 29.8 Å². The molecule has 1 aromatic carbocycles. The summed E-state index contributed by atoms with van der Waals surface area (Å²) in [6.07, 6.45) is 0.739. The van der Waals surface area contributed by atoms with E-state index in [2.05, 4.69) is 5.32 Å². The van der Waals surface area contributed by atoms with Crippen molar-refractivity contribution in [2.24, 2.45) is 5.73 Å². The van der Waals surface area contributed by atoms with Crippen molar-refractivity contribution in [2.75, 3.05) is 13.7 Å². The highest BCUT2D eigenvalue weighted by Crippen LogP contribution is 2.17. The maximum Gasteiger partial charge on any atom is 0.236 e. The molecule has 1 aromatic rings. The summed E-state index contributed by atoms with van der Waals surface area (Å²) in [5.41, 5.74) is 6.51. The van der Waals surface area contributed by atoms with Crippen LogP contribution in [0.3, 0.4) is 0 Å². The van der Waals surface area contributed by atoms with E-state index in [0.717, 1.165) is 17.7 Å². The number of nitrogens with one attached hydrogen (secondary N) is 1. The van der Waals surface area contributed by atoms with E-state index in [0.29, 0.717) is 6.54 Å². The standard InChI is InChI=1S/C12H18N2O2/c1-9(13)12(15)14-8-7-10-5-3-4-6-11(10)16-2/h3-6,9H,7-8,13H2,1-2H3,(H,14,15)/t9-/m0/s1. The molecule has 4 heteroatoms. The SMILES string of the molecule is COc1ccccc1CCNC(=O)[C@H](C)N. The van der Waals surface area contributed by atoms with E-state index in [1.165, 1.54) is 0 Å². The molecule has 1 amide bonds. The molecule has 0 heterocycles. The quantitative estimate of drug-likeness (QED) is 0.771. The van der Waals surface area contributed by atoms with Gasteiger partial charge in [0.1, 0.15) is 5.75 Å². The lowest BCUT2D eigenvalue weighted by Crippen LogP contribution is -2.39. The van der Waals surface area contributed by atoms with Gasteiger partial charge in [-0.05, 0) is 25.0 Å². The lowest BCUT2D eigenvalue weighted by atomic mass is 10.1. The van der Waals surface area contributed by atoms with E-state index in [-0.39, 0.29) is 5.91 Å². The molecule has 1 atom stereocenters. The number of nitrogens with two attached hydrogens (primary N) is 1. The second kappa shape index (κ2) is 6.12. The zero-order valence-corrected chi connectivity index (χ0v) is 9.69. The smallest absolute Gasteiger partial charge is 0.236 e. The Morgan fingerprint density at radius 3 is 2.81 bits per heavy atom. The summed E-state index contributed by atoms with van der Waals surface area (Å²) in [7, 11) is 1.64. The normalized spacial score (nSPS) is 11.9. The Morgan fingerprint density at radius 1 is 1.50 bits per heavy atom. The minimum atomic E-state index is -0.460. The van der Waals surface area contributed by atoms with Crippen LogP contribution in [-0.4, -0.2) is 25.6 Å². The van der Waals surface area contributed by atoms with Crippen molar-refractivity contribution in [1.29, 1.82) is 0 Å². The van der Waals surface area contributed by atoms with E-state index < -0.39 is 6.04 Å². The third kappa shape index (κ3) is 3.55. The van der Waals surface area contributed by atoms with E-state index in [1.807, 2.05) is 24.3 Å². The van der Waals surface area contributed by atoms with Crippen LogP contribution in [-0.2, 0) is 11.2 Å². The minimum absolute atomic E-state index is 0.130. The van der Waals surface area contributed by atoms with Gasteiger partial charge in [-0.3, -0.25) is 4.79 Å². The molecule has 88 valence electrons. The van der Waals surface area contributed by atoms with E-state index >= 15 is 0 Å². The van der Waals surface area contributed by atoms with Gasteiger partial charge in [0.05, 0.1) is 13.2 Å². The highest BCUT2D eigenvalue weighted by molar-refractivity contribution is 5.80. The molecule has 0 aromatic heterocycles. The van der Waals surface area contributed by atoms with Crippen LogP contribution in [0.4, 0.5) is 0 Å². The van der Waals surface area contributed by atoms with Crippen LogP contribution in [0, 0.1) is 0 Å². The largest absolute Gasteiger partial charge is 0.496 e. The highest BCUT2D eigenvalue weighted by atomic mass is 16.5. The number of carbonyl (C=O) groups is 1. The van der Waals surface area contributed by atoms with Gasteiger partial charge in [0.15, 0.2) is 0 Å². The number of ether oxygens (including phenoxy) is 1. The van der Waals surface area contributed by atoms with Crippen molar-refractivity contribution in [3.8, 4) is 5.75 Å². The first-order valence-corrected chi connectivity index (χ1v) is 5.30. The number of methoxy groups -OCH3 is 1. The van der Waals surface area contributed by atoms with Crippen molar-refractivity contribution in [2.45, 2.75) is 19.4 Å². The zero-order valence-electron chi connectivity index (χ0n) is 9.69. The van der Waals surface area contributed by atoms with E-state index in [1.54, 1.807) is 14.0 Å². The molecule has 0 bridgehead atoms. The molecule has 0 aliphatic carbocycles. The van der Waals surface area contributed by atoms with Crippen molar-refractivity contribution >= 4 is 5.91 Å². The van der Waals surface area contributed by atoms with Gasteiger partial charge in [-0.15, -0.1) is 0 Å². The summed E-state index contributed by atoms with van der Waals surface area (Å²) in [5, 5.41) is 2.76. The van der Waals surface area contributed by atoms with Crippen molar-refractivity contribution in [3.63, 3.8) is 0 Å². The Bertz CT molecular complexity index is 351. The molecule has 0 fully saturated rings. The number of hydrogen-bond acceptors (Lipinski definition) is 3. The number of hydrogen-bond donors (Lipinski definition) is 2. The summed E-state index contributed by atoms with van der Waals surface area (Å²) in [6.45, 7) is 2.24. The number of benzene rings is 1. The molecular weight excluding hydrogens is 204 g/mol. The lowest BCUT2D eigenvalue weighted by molar-refractivity contribution is -0.121. The van der Waals surface area contributed by atoms with Crippen LogP contribution < -0.4 is 15.8 Å². The van der Waals surface area contributed by atoms with Gasteiger partial charge >= 0.3 is 0 Å². The van der Waals surface area contributed by atoms with Crippen molar-refractivity contribution in [1.82, 2.24) is 5.32 Å². The van der Waals surface area contributed by atoms with Crippen LogP contribution in [0.15, 0.2) is 24.3 Å². The Kier molecular flexibility index (Phi) is 4.79. The predicted molar refractivity (Wildman–Crippen MR) is 63.4 cm³/mol. The first-order chi connectivity index (χ1) is 7.65. The molecule has 1 rings (SSSR count). The van der Waals surface area contributed by atoms with Gasteiger partial charge in [0.2, 0.25) is 5.91 Å². The zero-order chi connectivity index (χ0) is 12.0. The van der Waals surface area contributed by atoms with Gasteiger partial charge in [-0.2, -0.15) is 0 Å². The third-order valence-corrected chi connectivity index (χ3v) is 2.30. The van der Waals surface area contributed by atoms with Crippen LogP contribution >= 0.6 is 0 Å². The molecule has 0 saturated carbocycles. The first kappa shape index (κ1) is 12.5. The van der Waals surface area contributed by atoms with E-state index in [9.17, 15) is 4.79 Å². The fraction of sp³-hybridized carbons (Fsp3) is 0.417. The summed E-state index contributed by atoms with van der Waals surface area (Å²) in [6, 6.07) is 7.30. The Labute approximate surface area is 95.8 Å². The molecule has 0 radical (unpaired) electrons. The average molecular weight is 222 g/mol. The van der Waals surface area contributed by atoms with Crippen molar-refractivity contribution < 1.29 is 9.53 Å². The maximum atomic E-state index is 11.2. The van der Waals surface area contributed by atoms with Crippen LogP contribution in [0.5, 0.6) is 5.75 Å². The Balaban J connectivity index is 2.45. The number of amides is 1. The third-order valence-electron chi connectivity index (χ3n) is 2.30. The molecule has 0 aliphatic rings. The molecule has 0 spiro atoms. The molecule has 0 saturated heterocycles. The van der Waals surface area contributed by atoms with E-state index in [4.69, 9.17) is 10.5 Å². The molecular formula is C12H18N2O2. The fourth-order valence-corrected chi connectivity index (χ4v) is 1.39. The maximum absolute atomic E-state index is 11.2. The van der Waals surface area contributed by atoms with Crippen LogP contribution in [0.1, 0.15) is 12.5 Å². The van der Waals surface area contributed by atoms with Gasteiger partial charge in [0, 0.05) is 6.54 Å². The number of carbonyl (C=O) groups excluding carboxylic acids is 1. The average Bonchev–Trinajstić information content (AvgIpc) is 2.29. The fourth-order valence-electron chi connectivity index (χ4n) is 1.39. The second-order valence-electron chi connectivity index (χ2n) is 3.64. The first-order valence-electron chi connectivity index (χ1n) is 5.30. The second-order valence-corrected chi connectivity index (χ2v) is 3.64. The van der Waals surface area contributed by atoms with Gasteiger partial charge < -0.3 is 15.8 Å². The van der Waals surface area contributed by atoms with Gasteiger partial charge in [-0.1, -0.05) is 18.2 Å². The Hall–Kier alpha value is -1.55. The lowest BCUT2D eigenvalue weighted by Gasteiger charge is -2.10. The molecule has 3 N–H and O–H groups in total. The molecule has 0 unspecified atom stereocenters. The predicted octanol–water partition coefficient (Wildman–Crippen LogP) is 0.701. The number of rotatable bonds is 5. The summed E-state index contributed by atoms with van der Waals surface area (Å²) >= 11 is 0.